The van der Waals surface area contributed by atoms with Crippen LogP contribution in [0.15, 0.2) is 48.5 Å². The van der Waals surface area contributed by atoms with Gasteiger partial charge >= 0.3 is 0 Å². The second-order valence-corrected chi connectivity index (χ2v) is 6.55. The fourth-order valence-corrected chi connectivity index (χ4v) is 4.69. The van der Waals surface area contributed by atoms with E-state index in [-0.39, 0.29) is 0 Å². The summed E-state index contributed by atoms with van der Waals surface area (Å²) >= 11 is 0. The van der Waals surface area contributed by atoms with E-state index in [1.54, 1.807) is 0 Å². The smallest absolute Gasteiger partial charge is 0.123 e. The van der Waals surface area contributed by atoms with Crippen molar-refractivity contribution < 1.29 is 0 Å². The number of anilines is 2. The Morgan fingerprint density at radius 1 is 0.812 bits per heavy atom. The molecule has 0 amide bonds. The lowest BCUT2D eigenvalue weighted by atomic mass is 10.2. The normalized spacial score (nSPS) is 14.5. The molecule has 0 atom stereocenters. The maximum atomic E-state index is 2.38. The van der Waals surface area contributed by atoms with Gasteiger partial charge in [-0.15, -0.1) is 0 Å². The van der Waals surface area contributed by atoms with Crippen molar-refractivity contribution in [3.63, 3.8) is 0 Å². The maximum absolute atomic E-state index is 2.38. The van der Waals surface area contributed by atoms with Crippen molar-refractivity contribution in [2.45, 2.75) is 6.55 Å². The molecule has 2 heteroatoms. The highest BCUT2D eigenvalue weighted by molar-refractivity contribution is 6.87. The molecule has 1 nitrogen and oxygen atoms in total. The van der Waals surface area contributed by atoms with E-state index in [9.17, 15) is 0 Å². The molecule has 79 valence electrons. The zero-order valence-electron chi connectivity index (χ0n) is 9.57. The van der Waals surface area contributed by atoms with Crippen LogP contribution in [-0.2, 0) is 0 Å². The van der Waals surface area contributed by atoms with Gasteiger partial charge in [0, 0.05) is 18.4 Å². The zero-order valence-corrected chi connectivity index (χ0v) is 10.6. The molecule has 2 aromatic carbocycles. The molecule has 1 heterocycles. The Labute approximate surface area is 98.0 Å². The minimum absolute atomic E-state index is 0.581. The summed E-state index contributed by atoms with van der Waals surface area (Å²) in [7, 11) is 1.58. The molecule has 0 fully saturated rings. The lowest BCUT2D eigenvalue weighted by molar-refractivity contribution is 1.22. The largest absolute Gasteiger partial charge is 0.345 e. The molecule has 1 radical (unpaired) electrons. The Morgan fingerprint density at radius 2 is 1.25 bits per heavy atom. The number of benzene rings is 2. The third-order valence-corrected chi connectivity index (χ3v) is 5.80. The van der Waals surface area contributed by atoms with Gasteiger partial charge in [-0.2, -0.15) is 0 Å². The lowest BCUT2D eigenvalue weighted by Crippen LogP contribution is -2.48. The summed E-state index contributed by atoms with van der Waals surface area (Å²) < 4.78 is 0. The molecule has 16 heavy (non-hydrogen) atoms. The van der Waals surface area contributed by atoms with Gasteiger partial charge in [0.05, 0.1) is 0 Å². The predicted octanol–water partition coefficient (Wildman–Crippen LogP) is 2.01. The second-order valence-electron chi connectivity index (χ2n) is 4.22. The van der Waals surface area contributed by atoms with Gasteiger partial charge in [-0.1, -0.05) is 42.9 Å². The third-order valence-electron chi connectivity index (χ3n) is 3.34. The average Bonchev–Trinajstić information content (AvgIpc) is 2.36. The number of hydrogen-bond acceptors (Lipinski definition) is 1. The topological polar surface area (TPSA) is 3.24 Å². The van der Waals surface area contributed by atoms with Crippen LogP contribution in [0.4, 0.5) is 11.4 Å². The highest BCUT2D eigenvalue weighted by atomic mass is 28.3. The van der Waals surface area contributed by atoms with Crippen molar-refractivity contribution in [3.8, 4) is 0 Å². The molecule has 1 aliphatic heterocycles. The molecular formula is C14H14NSi. The molecule has 3 rings (SSSR count). The summed E-state index contributed by atoms with van der Waals surface area (Å²) in [6.07, 6.45) is 0. The fraction of sp³-hybridized carbons (Fsp3) is 0.143. The van der Waals surface area contributed by atoms with Crippen LogP contribution in [0, 0.1) is 0 Å². The molecule has 0 aromatic heterocycles. The van der Waals surface area contributed by atoms with E-state index in [0.717, 1.165) is 0 Å². The summed E-state index contributed by atoms with van der Waals surface area (Å²) in [5, 5.41) is 3.04. The summed E-state index contributed by atoms with van der Waals surface area (Å²) in [6, 6.07) is 17.5. The Hall–Kier alpha value is -1.54. The third kappa shape index (κ3) is 1.23. The number of nitrogens with zero attached hydrogens (tertiary/aromatic N) is 1. The van der Waals surface area contributed by atoms with Crippen LogP contribution in [-0.4, -0.2) is 15.8 Å². The zero-order chi connectivity index (χ0) is 11.1. The van der Waals surface area contributed by atoms with Crippen LogP contribution in [0.25, 0.3) is 0 Å². The van der Waals surface area contributed by atoms with Gasteiger partial charge in [-0.25, -0.2) is 0 Å². The SMILES string of the molecule is CN1c2ccccc2[Si](C)c2ccccc21. The summed E-state index contributed by atoms with van der Waals surface area (Å²) in [5.41, 5.74) is 2.75. The molecule has 2 aromatic rings. The molecule has 0 spiro atoms. The second kappa shape index (κ2) is 3.49. The Morgan fingerprint density at radius 3 is 1.75 bits per heavy atom. The van der Waals surface area contributed by atoms with Crippen molar-refractivity contribution in [1.29, 1.82) is 0 Å². The fourth-order valence-electron chi connectivity index (χ4n) is 2.44. The Balaban J connectivity index is 2.26. The van der Waals surface area contributed by atoms with Crippen molar-refractivity contribution >= 4 is 30.5 Å². The van der Waals surface area contributed by atoms with Gasteiger partial charge in [0.15, 0.2) is 0 Å². The average molecular weight is 224 g/mol. The molecule has 0 N–H and O–H groups in total. The highest BCUT2D eigenvalue weighted by Gasteiger charge is 2.25. The first-order valence-corrected chi connectivity index (χ1v) is 7.55. The number of hydrogen-bond donors (Lipinski definition) is 0. The van der Waals surface area contributed by atoms with Crippen molar-refractivity contribution in [1.82, 2.24) is 0 Å². The van der Waals surface area contributed by atoms with Crippen molar-refractivity contribution in [2.75, 3.05) is 11.9 Å². The predicted molar refractivity (Wildman–Crippen MR) is 71.8 cm³/mol. The van der Waals surface area contributed by atoms with E-state index in [1.165, 1.54) is 21.7 Å². The van der Waals surface area contributed by atoms with Crippen molar-refractivity contribution in [3.05, 3.63) is 48.5 Å². The van der Waals surface area contributed by atoms with Gasteiger partial charge in [-0.3, -0.25) is 0 Å². The molecular weight excluding hydrogens is 210 g/mol. The van der Waals surface area contributed by atoms with E-state index in [0.29, 0.717) is 0 Å². The van der Waals surface area contributed by atoms with Crippen LogP contribution in [0.5, 0.6) is 0 Å². The Kier molecular flexibility index (Phi) is 2.11. The van der Waals surface area contributed by atoms with Gasteiger partial charge in [-0.05, 0) is 22.5 Å². The minimum atomic E-state index is -0.581. The monoisotopic (exact) mass is 224 g/mol. The van der Waals surface area contributed by atoms with E-state index < -0.39 is 8.80 Å². The van der Waals surface area contributed by atoms with Crippen LogP contribution >= 0.6 is 0 Å². The first-order valence-electron chi connectivity index (χ1n) is 5.55. The van der Waals surface area contributed by atoms with E-state index >= 15 is 0 Å². The first kappa shape index (κ1) is 9.67. The van der Waals surface area contributed by atoms with E-state index in [1.807, 2.05) is 0 Å². The van der Waals surface area contributed by atoms with Crippen LogP contribution < -0.4 is 15.3 Å². The number of fused-ring (bicyclic) bond motifs is 2. The van der Waals surface area contributed by atoms with Gasteiger partial charge in [0.25, 0.3) is 0 Å². The highest BCUT2D eigenvalue weighted by Crippen LogP contribution is 2.25. The molecule has 0 aliphatic carbocycles. The van der Waals surface area contributed by atoms with Crippen molar-refractivity contribution in [2.24, 2.45) is 0 Å². The molecule has 0 saturated heterocycles. The van der Waals surface area contributed by atoms with Gasteiger partial charge in [0.2, 0.25) is 0 Å². The number of rotatable bonds is 0. The van der Waals surface area contributed by atoms with E-state index in [2.05, 4.69) is 67.0 Å². The summed E-state index contributed by atoms with van der Waals surface area (Å²) in [4.78, 5) is 2.31. The summed E-state index contributed by atoms with van der Waals surface area (Å²) in [6.45, 7) is 2.38. The quantitative estimate of drug-likeness (QED) is 0.619. The minimum Gasteiger partial charge on any atom is -0.345 e. The lowest BCUT2D eigenvalue weighted by Gasteiger charge is -2.33. The maximum Gasteiger partial charge on any atom is 0.123 e. The molecule has 1 aliphatic rings. The van der Waals surface area contributed by atoms with Gasteiger partial charge in [0.1, 0.15) is 8.80 Å². The molecule has 0 saturated carbocycles. The molecule has 0 bridgehead atoms. The van der Waals surface area contributed by atoms with E-state index in [4.69, 9.17) is 0 Å². The van der Waals surface area contributed by atoms with Gasteiger partial charge < -0.3 is 4.90 Å². The standard InChI is InChI=1S/C14H14NSi/c1-15-11-7-3-5-9-13(11)16(2)14-10-6-4-8-12(14)15/h3-10H,1-2H3. The first-order chi connectivity index (χ1) is 7.79. The molecule has 0 unspecified atom stereocenters. The number of para-hydroxylation sites is 2. The Bertz CT molecular complexity index is 440. The summed E-state index contributed by atoms with van der Waals surface area (Å²) in [5.74, 6) is 0. The van der Waals surface area contributed by atoms with Crippen LogP contribution in [0.1, 0.15) is 0 Å². The van der Waals surface area contributed by atoms with Crippen LogP contribution in [0.3, 0.4) is 0 Å². The van der Waals surface area contributed by atoms with Crippen LogP contribution in [0.2, 0.25) is 6.55 Å².